The second-order valence-corrected chi connectivity index (χ2v) is 6.87. The maximum Gasteiger partial charge on any atom is 0.256 e. The molecule has 1 aliphatic rings. The molecule has 0 unspecified atom stereocenters. The lowest BCUT2D eigenvalue weighted by Gasteiger charge is -2.31. The first-order chi connectivity index (χ1) is 12.1. The van der Waals surface area contributed by atoms with Crippen LogP contribution in [0.1, 0.15) is 23.2 Å². The van der Waals surface area contributed by atoms with Gasteiger partial charge in [0.05, 0.1) is 11.3 Å². The number of nitrogens with one attached hydrogen (secondary N) is 1. The van der Waals surface area contributed by atoms with Gasteiger partial charge in [0.25, 0.3) is 5.91 Å². The normalized spacial score (nSPS) is 15.0. The minimum absolute atomic E-state index is 0.0510. The van der Waals surface area contributed by atoms with Crippen LogP contribution in [0, 0.1) is 11.7 Å². The highest BCUT2D eigenvalue weighted by Crippen LogP contribution is 2.25. The molecule has 0 atom stereocenters. The van der Waals surface area contributed by atoms with E-state index < -0.39 is 5.82 Å². The molecule has 1 heterocycles. The second kappa shape index (κ2) is 7.78. The van der Waals surface area contributed by atoms with Crippen LogP contribution in [0.15, 0.2) is 53.0 Å². The first-order valence-corrected chi connectivity index (χ1v) is 8.95. The smallest absolute Gasteiger partial charge is 0.256 e. The average molecular weight is 405 g/mol. The molecule has 25 heavy (non-hydrogen) atoms. The lowest BCUT2D eigenvalue weighted by molar-refractivity contribution is -0.121. The van der Waals surface area contributed by atoms with Crippen LogP contribution in [0.4, 0.5) is 10.1 Å². The number of carbonyl (C=O) groups excluding carboxylic acids is 2. The predicted molar refractivity (Wildman–Crippen MR) is 97.8 cm³/mol. The summed E-state index contributed by atoms with van der Waals surface area (Å²) in [7, 11) is 0. The van der Waals surface area contributed by atoms with Crippen molar-refractivity contribution >= 4 is 33.4 Å². The molecule has 0 bridgehead atoms. The molecule has 2 aromatic carbocycles. The Hall–Kier alpha value is -2.21. The van der Waals surface area contributed by atoms with Crippen LogP contribution < -0.4 is 5.32 Å². The molecule has 6 heteroatoms. The number of anilines is 1. The summed E-state index contributed by atoms with van der Waals surface area (Å²) in [5.41, 5.74) is 0.816. The van der Waals surface area contributed by atoms with Gasteiger partial charge in [-0.15, -0.1) is 0 Å². The molecule has 1 aliphatic heterocycles. The van der Waals surface area contributed by atoms with Crippen molar-refractivity contribution in [2.24, 2.45) is 5.92 Å². The third-order valence-corrected chi connectivity index (χ3v) is 5.08. The first-order valence-electron chi connectivity index (χ1n) is 8.15. The van der Waals surface area contributed by atoms with E-state index in [4.69, 9.17) is 0 Å². The van der Waals surface area contributed by atoms with Gasteiger partial charge in [-0.2, -0.15) is 0 Å². The average Bonchev–Trinajstić information content (AvgIpc) is 2.63. The van der Waals surface area contributed by atoms with Gasteiger partial charge in [0, 0.05) is 23.5 Å². The number of piperidine rings is 1. The molecule has 4 nitrogen and oxygen atoms in total. The Labute approximate surface area is 154 Å². The standard InChI is InChI=1S/C19H18BrFN2O2/c20-15-6-2-4-8-17(15)22-18(24)13-9-11-23(12-10-13)19(25)14-5-1-3-7-16(14)21/h1-8,13H,9-12H2,(H,22,24). The summed E-state index contributed by atoms with van der Waals surface area (Å²) < 4.78 is 14.6. The van der Waals surface area contributed by atoms with Gasteiger partial charge in [-0.05, 0) is 53.0 Å². The van der Waals surface area contributed by atoms with Crippen LogP contribution in [0.2, 0.25) is 0 Å². The highest BCUT2D eigenvalue weighted by Gasteiger charge is 2.28. The number of hydrogen-bond donors (Lipinski definition) is 1. The van der Waals surface area contributed by atoms with E-state index in [2.05, 4.69) is 21.2 Å². The Morgan fingerprint density at radius 2 is 1.68 bits per heavy atom. The Balaban J connectivity index is 1.58. The summed E-state index contributed by atoms with van der Waals surface area (Å²) in [6, 6.07) is 13.4. The van der Waals surface area contributed by atoms with Gasteiger partial charge in [-0.1, -0.05) is 24.3 Å². The van der Waals surface area contributed by atoms with Crippen LogP contribution in [0.25, 0.3) is 0 Å². The predicted octanol–water partition coefficient (Wildman–Crippen LogP) is 4.08. The second-order valence-electron chi connectivity index (χ2n) is 6.02. The molecule has 0 radical (unpaired) electrons. The number of nitrogens with zero attached hydrogens (tertiary/aromatic N) is 1. The monoisotopic (exact) mass is 404 g/mol. The van der Waals surface area contributed by atoms with Crippen LogP contribution in [-0.2, 0) is 4.79 Å². The van der Waals surface area contributed by atoms with Gasteiger partial charge in [0.1, 0.15) is 5.82 Å². The summed E-state index contributed by atoms with van der Waals surface area (Å²) in [5, 5.41) is 2.92. The highest BCUT2D eigenvalue weighted by molar-refractivity contribution is 9.10. The van der Waals surface area contributed by atoms with Crippen molar-refractivity contribution in [1.29, 1.82) is 0 Å². The number of likely N-dealkylation sites (tertiary alicyclic amines) is 1. The third kappa shape index (κ3) is 4.07. The fourth-order valence-electron chi connectivity index (χ4n) is 2.95. The minimum atomic E-state index is -0.513. The van der Waals surface area contributed by atoms with Crippen LogP contribution in [-0.4, -0.2) is 29.8 Å². The van der Waals surface area contributed by atoms with Crippen LogP contribution in [0.5, 0.6) is 0 Å². The fraction of sp³-hybridized carbons (Fsp3) is 0.263. The van der Waals surface area contributed by atoms with Gasteiger partial charge in [0.15, 0.2) is 0 Å². The molecule has 2 amide bonds. The van der Waals surface area contributed by atoms with Crippen molar-refractivity contribution < 1.29 is 14.0 Å². The Morgan fingerprint density at radius 1 is 1.04 bits per heavy atom. The molecule has 0 aliphatic carbocycles. The SMILES string of the molecule is O=C(Nc1ccccc1Br)C1CCN(C(=O)c2ccccc2F)CC1. The van der Waals surface area contributed by atoms with Crippen molar-refractivity contribution in [3.63, 3.8) is 0 Å². The summed E-state index contributed by atoms with van der Waals surface area (Å²) in [5.74, 6) is -1.04. The van der Waals surface area contributed by atoms with E-state index in [1.54, 1.807) is 17.0 Å². The topological polar surface area (TPSA) is 49.4 Å². The van der Waals surface area contributed by atoms with E-state index in [1.807, 2.05) is 24.3 Å². The summed E-state index contributed by atoms with van der Waals surface area (Å²) in [4.78, 5) is 26.4. The maximum atomic E-state index is 13.8. The molecule has 3 rings (SSSR count). The van der Waals surface area contributed by atoms with Gasteiger partial charge in [-0.25, -0.2) is 4.39 Å². The zero-order valence-electron chi connectivity index (χ0n) is 13.5. The van der Waals surface area contributed by atoms with Crippen LogP contribution >= 0.6 is 15.9 Å². The van der Waals surface area contributed by atoms with Gasteiger partial charge in [-0.3, -0.25) is 9.59 Å². The molecule has 0 aromatic heterocycles. The Morgan fingerprint density at radius 3 is 2.36 bits per heavy atom. The number of carbonyl (C=O) groups is 2. The zero-order chi connectivity index (χ0) is 17.8. The lowest BCUT2D eigenvalue weighted by atomic mass is 9.95. The van der Waals surface area contributed by atoms with Gasteiger partial charge >= 0.3 is 0 Å². The van der Waals surface area contributed by atoms with E-state index in [1.165, 1.54) is 12.1 Å². The fourth-order valence-corrected chi connectivity index (χ4v) is 3.33. The van der Waals surface area contributed by atoms with Crippen molar-refractivity contribution in [3.8, 4) is 0 Å². The number of benzene rings is 2. The van der Waals surface area contributed by atoms with E-state index in [0.29, 0.717) is 25.9 Å². The van der Waals surface area contributed by atoms with Crippen molar-refractivity contribution in [3.05, 3.63) is 64.4 Å². The number of hydrogen-bond acceptors (Lipinski definition) is 2. The molecule has 130 valence electrons. The van der Waals surface area contributed by atoms with Crippen molar-refractivity contribution in [1.82, 2.24) is 4.90 Å². The molecule has 1 N–H and O–H groups in total. The van der Waals surface area contributed by atoms with E-state index in [9.17, 15) is 14.0 Å². The van der Waals surface area contributed by atoms with Crippen LogP contribution in [0.3, 0.4) is 0 Å². The largest absolute Gasteiger partial charge is 0.339 e. The van der Waals surface area contributed by atoms with E-state index in [0.717, 1.165) is 10.2 Å². The molecule has 2 aromatic rings. The third-order valence-electron chi connectivity index (χ3n) is 4.39. The molecule has 1 saturated heterocycles. The first kappa shape index (κ1) is 17.6. The van der Waals surface area contributed by atoms with E-state index in [-0.39, 0.29) is 23.3 Å². The molecular weight excluding hydrogens is 387 g/mol. The molecule has 1 fully saturated rings. The van der Waals surface area contributed by atoms with Crippen molar-refractivity contribution in [2.45, 2.75) is 12.8 Å². The highest BCUT2D eigenvalue weighted by atomic mass is 79.9. The number of halogens is 2. The molecule has 0 saturated carbocycles. The number of para-hydroxylation sites is 1. The Kier molecular flexibility index (Phi) is 5.48. The lowest BCUT2D eigenvalue weighted by Crippen LogP contribution is -2.41. The molecule has 0 spiro atoms. The summed E-state index contributed by atoms with van der Waals surface area (Å²) >= 11 is 3.41. The van der Waals surface area contributed by atoms with Crippen molar-refractivity contribution in [2.75, 3.05) is 18.4 Å². The number of amides is 2. The minimum Gasteiger partial charge on any atom is -0.339 e. The molecular formula is C19H18BrFN2O2. The van der Waals surface area contributed by atoms with Gasteiger partial charge in [0.2, 0.25) is 5.91 Å². The van der Waals surface area contributed by atoms with Gasteiger partial charge < -0.3 is 10.2 Å². The summed E-state index contributed by atoms with van der Waals surface area (Å²) in [6.07, 6.45) is 1.13. The Bertz CT molecular complexity index is 788. The maximum absolute atomic E-state index is 13.8. The van der Waals surface area contributed by atoms with E-state index >= 15 is 0 Å². The zero-order valence-corrected chi connectivity index (χ0v) is 15.1. The summed E-state index contributed by atoms with van der Waals surface area (Å²) in [6.45, 7) is 0.891. The quantitative estimate of drug-likeness (QED) is 0.837. The number of rotatable bonds is 3.